The van der Waals surface area contributed by atoms with Crippen molar-refractivity contribution in [2.45, 2.75) is 43.9 Å². The normalized spacial score (nSPS) is 15.6. The number of carbonyl (C=O) groups excluding carboxylic acids is 1. The van der Waals surface area contributed by atoms with E-state index in [2.05, 4.69) is 27.6 Å². The van der Waals surface area contributed by atoms with Gasteiger partial charge >= 0.3 is 0 Å². The molecule has 5 nitrogen and oxygen atoms in total. The van der Waals surface area contributed by atoms with E-state index in [-0.39, 0.29) is 23.1 Å². The first-order valence-electron chi connectivity index (χ1n) is 10.6. The zero-order valence-electron chi connectivity index (χ0n) is 17.6. The minimum absolute atomic E-state index is 0.0339. The summed E-state index contributed by atoms with van der Waals surface area (Å²) in [6, 6.07) is 17.7. The molecule has 1 N–H and O–H groups in total. The lowest BCUT2D eigenvalue weighted by molar-refractivity contribution is -0.119. The lowest BCUT2D eigenvalue weighted by Crippen LogP contribution is -2.33. The molecule has 0 bridgehead atoms. The molecule has 31 heavy (non-hydrogen) atoms. The van der Waals surface area contributed by atoms with Crippen molar-refractivity contribution in [1.82, 2.24) is 15.5 Å². The van der Waals surface area contributed by atoms with Crippen molar-refractivity contribution in [3.8, 4) is 0 Å². The first-order valence-corrected chi connectivity index (χ1v) is 12.0. The highest BCUT2D eigenvalue weighted by atomic mass is 35.5. The summed E-state index contributed by atoms with van der Waals surface area (Å²) >= 11 is 7.66. The SMILES string of the molecule is CC(C)C(NC(=O)CSC(c1ccccc1)c1ccc(Cl)cc1)c1nc(C2CC2)no1. The van der Waals surface area contributed by atoms with Gasteiger partial charge in [0.2, 0.25) is 11.8 Å². The maximum atomic E-state index is 12.9. The summed E-state index contributed by atoms with van der Waals surface area (Å²) in [5.41, 5.74) is 2.26. The van der Waals surface area contributed by atoms with Crippen molar-refractivity contribution < 1.29 is 9.32 Å². The first kappa shape index (κ1) is 21.9. The highest BCUT2D eigenvalue weighted by Crippen LogP contribution is 2.39. The van der Waals surface area contributed by atoms with E-state index in [1.54, 1.807) is 11.8 Å². The number of nitrogens with zero attached hydrogens (tertiary/aromatic N) is 2. The van der Waals surface area contributed by atoms with Crippen LogP contribution in [-0.2, 0) is 4.79 Å². The Labute approximate surface area is 192 Å². The molecule has 0 aliphatic heterocycles. The maximum absolute atomic E-state index is 12.9. The molecule has 2 aromatic carbocycles. The van der Waals surface area contributed by atoms with Crippen LogP contribution >= 0.6 is 23.4 Å². The lowest BCUT2D eigenvalue weighted by atomic mass is 10.0. The molecule has 1 aromatic heterocycles. The fraction of sp³-hybridized carbons (Fsp3) is 0.375. The van der Waals surface area contributed by atoms with E-state index in [9.17, 15) is 4.79 Å². The Kier molecular flexibility index (Phi) is 6.98. The Morgan fingerprint density at radius 1 is 1.13 bits per heavy atom. The minimum Gasteiger partial charge on any atom is -0.343 e. The summed E-state index contributed by atoms with van der Waals surface area (Å²) < 4.78 is 5.47. The molecule has 2 atom stereocenters. The molecule has 1 aliphatic carbocycles. The molecule has 162 valence electrons. The molecule has 7 heteroatoms. The standard InChI is InChI=1S/C24H26ClN3O2S/c1-15(2)21(24-27-23(28-30-24)18-8-9-18)26-20(29)14-31-22(16-6-4-3-5-7-16)17-10-12-19(25)13-11-17/h3-7,10-13,15,18,21-22H,8-9,14H2,1-2H3,(H,26,29). The minimum atomic E-state index is -0.293. The molecule has 1 heterocycles. The van der Waals surface area contributed by atoms with Crippen LogP contribution in [0.1, 0.15) is 66.7 Å². The largest absolute Gasteiger partial charge is 0.343 e. The summed E-state index contributed by atoms with van der Waals surface area (Å²) in [7, 11) is 0. The third-order valence-corrected chi connectivity index (χ3v) is 6.86. The van der Waals surface area contributed by atoms with Crippen LogP contribution in [0.2, 0.25) is 5.02 Å². The summed E-state index contributed by atoms with van der Waals surface area (Å²) in [4.78, 5) is 17.4. The Bertz CT molecular complexity index is 1000. The van der Waals surface area contributed by atoms with Crippen molar-refractivity contribution >= 4 is 29.3 Å². The number of hydrogen-bond acceptors (Lipinski definition) is 5. The second-order valence-electron chi connectivity index (χ2n) is 8.21. The number of amides is 1. The van der Waals surface area contributed by atoms with Crippen LogP contribution in [0.25, 0.3) is 0 Å². The second kappa shape index (κ2) is 9.88. The van der Waals surface area contributed by atoms with Gasteiger partial charge in [0.05, 0.1) is 11.0 Å². The van der Waals surface area contributed by atoms with E-state index < -0.39 is 0 Å². The average Bonchev–Trinajstić information content (AvgIpc) is 3.51. The van der Waals surface area contributed by atoms with Gasteiger partial charge in [0.1, 0.15) is 6.04 Å². The zero-order chi connectivity index (χ0) is 21.8. The molecule has 3 aromatic rings. The predicted molar refractivity (Wildman–Crippen MR) is 124 cm³/mol. The van der Waals surface area contributed by atoms with Crippen molar-refractivity contribution in [3.63, 3.8) is 0 Å². The van der Waals surface area contributed by atoms with Gasteiger partial charge in [-0.3, -0.25) is 4.79 Å². The van der Waals surface area contributed by atoms with E-state index >= 15 is 0 Å². The Balaban J connectivity index is 1.44. The van der Waals surface area contributed by atoms with Gasteiger partial charge in [-0.15, -0.1) is 11.8 Å². The monoisotopic (exact) mass is 455 g/mol. The number of carbonyl (C=O) groups is 1. The smallest absolute Gasteiger partial charge is 0.249 e. The highest BCUT2D eigenvalue weighted by Gasteiger charge is 2.31. The number of hydrogen-bond donors (Lipinski definition) is 1. The zero-order valence-corrected chi connectivity index (χ0v) is 19.2. The van der Waals surface area contributed by atoms with Crippen LogP contribution < -0.4 is 5.32 Å². The Morgan fingerprint density at radius 3 is 2.45 bits per heavy atom. The number of halogens is 1. The summed E-state index contributed by atoms with van der Waals surface area (Å²) in [6.07, 6.45) is 2.22. The van der Waals surface area contributed by atoms with E-state index in [4.69, 9.17) is 16.1 Å². The molecule has 2 unspecified atom stereocenters. The Hall–Kier alpha value is -2.31. The fourth-order valence-corrected chi connectivity index (χ4v) is 4.65. The van der Waals surface area contributed by atoms with E-state index in [1.165, 1.54) is 0 Å². The molecular formula is C24H26ClN3O2S. The van der Waals surface area contributed by atoms with Gasteiger partial charge in [-0.1, -0.05) is 73.1 Å². The third-order valence-electron chi connectivity index (χ3n) is 5.31. The van der Waals surface area contributed by atoms with Crippen LogP contribution in [0.5, 0.6) is 0 Å². The first-order chi connectivity index (χ1) is 15.0. The van der Waals surface area contributed by atoms with E-state index in [0.717, 1.165) is 29.8 Å². The molecule has 1 amide bonds. The molecule has 1 saturated carbocycles. The number of aromatic nitrogens is 2. The topological polar surface area (TPSA) is 68.0 Å². The van der Waals surface area contributed by atoms with Crippen molar-refractivity contribution in [2.75, 3.05) is 5.75 Å². The van der Waals surface area contributed by atoms with E-state index in [1.807, 2.05) is 56.3 Å². The van der Waals surface area contributed by atoms with Crippen molar-refractivity contribution in [3.05, 3.63) is 82.5 Å². The van der Waals surface area contributed by atoms with Gasteiger partial charge in [0.15, 0.2) is 5.82 Å². The van der Waals surface area contributed by atoms with Gasteiger partial charge in [0.25, 0.3) is 0 Å². The second-order valence-corrected chi connectivity index (χ2v) is 9.74. The molecule has 1 fully saturated rings. The van der Waals surface area contributed by atoms with Gasteiger partial charge in [-0.25, -0.2) is 0 Å². The van der Waals surface area contributed by atoms with Crippen molar-refractivity contribution in [2.24, 2.45) is 5.92 Å². The van der Waals surface area contributed by atoms with Crippen LogP contribution in [0.15, 0.2) is 59.1 Å². The number of benzene rings is 2. The summed E-state index contributed by atoms with van der Waals surface area (Å²) in [6.45, 7) is 4.08. The molecule has 1 aliphatic rings. The molecular weight excluding hydrogens is 430 g/mol. The Morgan fingerprint density at radius 2 is 1.81 bits per heavy atom. The number of rotatable bonds is 9. The number of nitrogens with one attached hydrogen (secondary N) is 1. The quantitative estimate of drug-likeness (QED) is 0.432. The van der Waals surface area contributed by atoms with Crippen LogP contribution in [0, 0.1) is 5.92 Å². The molecule has 0 saturated heterocycles. The van der Waals surface area contributed by atoms with Crippen molar-refractivity contribution in [1.29, 1.82) is 0 Å². The lowest BCUT2D eigenvalue weighted by Gasteiger charge is -2.21. The van der Waals surface area contributed by atoms with Gasteiger partial charge in [-0.05, 0) is 42.0 Å². The molecule has 0 spiro atoms. The molecule has 0 radical (unpaired) electrons. The highest BCUT2D eigenvalue weighted by molar-refractivity contribution is 8.00. The molecule has 4 rings (SSSR count). The van der Waals surface area contributed by atoms with E-state index in [0.29, 0.717) is 22.6 Å². The van der Waals surface area contributed by atoms with Gasteiger partial charge in [-0.2, -0.15) is 4.98 Å². The van der Waals surface area contributed by atoms with Crippen LogP contribution in [0.4, 0.5) is 0 Å². The van der Waals surface area contributed by atoms with Gasteiger partial charge < -0.3 is 9.84 Å². The summed E-state index contributed by atoms with van der Waals surface area (Å²) in [5.74, 6) is 2.08. The van der Waals surface area contributed by atoms with Crippen LogP contribution in [-0.4, -0.2) is 21.8 Å². The number of thioether (sulfide) groups is 1. The average molecular weight is 456 g/mol. The fourth-order valence-electron chi connectivity index (χ4n) is 3.42. The van der Waals surface area contributed by atoms with Crippen LogP contribution in [0.3, 0.4) is 0 Å². The predicted octanol–water partition coefficient (Wildman–Crippen LogP) is 5.94. The summed E-state index contributed by atoms with van der Waals surface area (Å²) in [5, 5.41) is 7.92. The maximum Gasteiger partial charge on any atom is 0.249 e. The third kappa shape index (κ3) is 5.69. The van der Waals surface area contributed by atoms with Gasteiger partial charge in [0, 0.05) is 10.9 Å².